The van der Waals surface area contributed by atoms with Crippen molar-refractivity contribution in [1.29, 1.82) is 0 Å². The van der Waals surface area contributed by atoms with E-state index in [1.54, 1.807) is 0 Å². The maximum atomic E-state index is 6.21. The molecule has 0 aliphatic carbocycles. The Labute approximate surface area is 108 Å². The van der Waals surface area contributed by atoms with Gasteiger partial charge in [-0.25, -0.2) is 0 Å². The van der Waals surface area contributed by atoms with Crippen LogP contribution in [-0.2, 0) is 4.74 Å². The Hall–Kier alpha value is -0.770. The van der Waals surface area contributed by atoms with Crippen molar-refractivity contribution in [1.82, 2.24) is 5.32 Å². The number of benzene rings is 1. The van der Waals surface area contributed by atoms with E-state index in [1.165, 1.54) is 0 Å². The number of nitrogens with zero attached hydrogens (tertiary/aromatic N) is 1. The van der Waals surface area contributed by atoms with Crippen LogP contribution in [0, 0.1) is 0 Å². The molecule has 1 aliphatic rings. The lowest BCUT2D eigenvalue weighted by Crippen LogP contribution is -2.43. The third-order valence-electron chi connectivity index (χ3n) is 3.05. The lowest BCUT2D eigenvalue weighted by Gasteiger charge is -2.35. The SMILES string of the molecule is CNCCC1CN(c2ccccc2Cl)CCO1. The quantitative estimate of drug-likeness (QED) is 0.891. The van der Waals surface area contributed by atoms with Crippen LogP contribution in [0.4, 0.5) is 5.69 Å². The van der Waals surface area contributed by atoms with Crippen molar-refractivity contribution < 1.29 is 4.74 Å². The lowest BCUT2D eigenvalue weighted by molar-refractivity contribution is 0.0358. The molecule has 0 amide bonds. The summed E-state index contributed by atoms with van der Waals surface area (Å²) in [6, 6.07) is 8.00. The molecule has 0 spiro atoms. The van der Waals surface area contributed by atoms with Crippen LogP contribution in [-0.4, -0.2) is 39.4 Å². The predicted molar refractivity (Wildman–Crippen MR) is 71.9 cm³/mol. The van der Waals surface area contributed by atoms with Gasteiger partial charge < -0.3 is 15.0 Å². The van der Waals surface area contributed by atoms with Crippen LogP contribution >= 0.6 is 11.6 Å². The molecule has 2 rings (SSSR count). The van der Waals surface area contributed by atoms with Gasteiger partial charge in [-0.15, -0.1) is 0 Å². The highest BCUT2D eigenvalue weighted by atomic mass is 35.5. The highest BCUT2D eigenvalue weighted by Crippen LogP contribution is 2.26. The molecule has 4 heteroatoms. The number of hydrogen-bond donors (Lipinski definition) is 1. The molecule has 0 radical (unpaired) electrons. The Bertz CT molecular complexity index is 359. The third kappa shape index (κ3) is 3.35. The summed E-state index contributed by atoms with van der Waals surface area (Å²) in [6.45, 7) is 3.60. The Morgan fingerprint density at radius 3 is 3.06 bits per heavy atom. The first kappa shape index (κ1) is 12.7. The molecule has 0 bridgehead atoms. The van der Waals surface area contributed by atoms with Crippen molar-refractivity contribution in [3.63, 3.8) is 0 Å². The van der Waals surface area contributed by atoms with Crippen molar-refractivity contribution in [3.05, 3.63) is 29.3 Å². The lowest BCUT2D eigenvalue weighted by atomic mass is 10.2. The van der Waals surface area contributed by atoms with Crippen LogP contribution in [0.5, 0.6) is 0 Å². The predicted octanol–water partition coefficient (Wildman–Crippen LogP) is 2.15. The molecule has 1 aliphatic heterocycles. The smallest absolute Gasteiger partial charge is 0.0762 e. The third-order valence-corrected chi connectivity index (χ3v) is 3.37. The zero-order chi connectivity index (χ0) is 12.1. The monoisotopic (exact) mass is 254 g/mol. The molecule has 1 N–H and O–H groups in total. The minimum atomic E-state index is 0.299. The van der Waals surface area contributed by atoms with Gasteiger partial charge in [0.1, 0.15) is 0 Å². The molecule has 1 aromatic carbocycles. The van der Waals surface area contributed by atoms with Crippen molar-refractivity contribution in [2.24, 2.45) is 0 Å². The summed E-state index contributed by atoms with van der Waals surface area (Å²) >= 11 is 6.21. The van der Waals surface area contributed by atoms with Crippen LogP contribution in [0.15, 0.2) is 24.3 Å². The van der Waals surface area contributed by atoms with Crippen LogP contribution in [0.2, 0.25) is 5.02 Å². The number of rotatable bonds is 4. The zero-order valence-electron chi connectivity index (χ0n) is 10.2. The molecule has 1 fully saturated rings. The minimum Gasteiger partial charge on any atom is -0.374 e. The summed E-state index contributed by atoms with van der Waals surface area (Å²) in [5.41, 5.74) is 1.12. The Morgan fingerprint density at radius 1 is 1.47 bits per heavy atom. The van der Waals surface area contributed by atoms with E-state index in [4.69, 9.17) is 16.3 Å². The molecule has 1 aromatic rings. The molecule has 0 saturated carbocycles. The number of hydrogen-bond acceptors (Lipinski definition) is 3. The summed E-state index contributed by atoms with van der Waals surface area (Å²) < 4.78 is 5.75. The van der Waals surface area contributed by atoms with Crippen LogP contribution in [0.1, 0.15) is 6.42 Å². The van der Waals surface area contributed by atoms with Crippen molar-refractivity contribution in [2.45, 2.75) is 12.5 Å². The molecule has 1 atom stereocenters. The van der Waals surface area contributed by atoms with E-state index in [0.29, 0.717) is 6.10 Å². The molecular weight excluding hydrogens is 236 g/mol. The highest BCUT2D eigenvalue weighted by Gasteiger charge is 2.21. The van der Waals surface area contributed by atoms with E-state index in [1.807, 2.05) is 25.2 Å². The van der Waals surface area contributed by atoms with Gasteiger partial charge in [0.15, 0.2) is 0 Å². The molecule has 3 nitrogen and oxygen atoms in total. The first-order valence-corrected chi connectivity index (χ1v) is 6.44. The highest BCUT2D eigenvalue weighted by molar-refractivity contribution is 6.33. The molecule has 1 unspecified atom stereocenters. The average molecular weight is 255 g/mol. The van der Waals surface area contributed by atoms with E-state index in [9.17, 15) is 0 Å². The zero-order valence-corrected chi connectivity index (χ0v) is 10.9. The Kier molecular flexibility index (Phi) is 4.66. The number of anilines is 1. The fourth-order valence-corrected chi connectivity index (χ4v) is 2.38. The molecule has 0 aromatic heterocycles. The number of para-hydroxylation sites is 1. The second kappa shape index (κ2) is 6.24. The van der Waals surface area contributed by atoms with E-state index >= 15 is 0 Å². The maximum Gasteiger partial charge on any atom is 0.0762 e. The molecular formula is C13H19ClN2O. The molecule has 1 saturated heterocycles. The maximum absolute atomic E-state index is 6.21. The van der Waals surface area contributed by atoms with Crippen molar-refractivity contribution in [2.75, 3.05) is 38.2 Å². The molecule has 94 valence electrons. The van der Waals surface area contributed by atoms with Crippen LogP contribution < -0.4 is 10.2 Å². The van der Waals surface area contributed by atoms with E-state index in [-0.39, 0.29) is 0 Å². The fraction of sp³-hybridized carbons (Fsp3) is 0.538. The first-order chi connectivity index (χ1) is 8.31. The largest absolute Gasteiger partial charge is 0.374 e. The Balaban J connectivity index is 1.99. The Morgan fingerprint density at radius 2 is 2.29 bits per heavy atom. The second-order valence-electron chi connectivity index (χ2n) is 4.28. The standard InChI is InChI=1S/C13H19ClN2O/c1-15-7-6-11-10-16(8-9-17-11)13-5-3-2-4-12(13)14/h2-5,11,15H,6-10H2,1H3. The van der Waals surface area contributed by atoms with Gasteiger partial charge in [-0.1, -0.05) is 23.7 Å². The minimum absolute atomic E-state index is 0.299. The topological polar surface area (TPSA) is 24.5 Å². The fourth-order valence-electron chi connectivity index (χ4n) is 2.13. The average Bonchev–Trinajstić information content (AvgIpc) is 2.37. The van der Waals surface area contributed by atoms with Crippen molar-refractivity contribution in [3.8, 4) is 0 Å². The van der Waals surface area contributed by atoms with E-state index in [0.717, 1.165) is 43.4 Å². The second-order valence-corrected chi connectivity index (χ2v) is 4.69. The number of halogens is 1. The molecule has 1 heterocycles. The number of ether oxygens (including phenoxy) is 1. The van der Waals surface area contributed by atoms with Gasteiger partial charge in [-0.3, -0.25) is 0 Å². The van der Waals surface area contributed by atoms with Gasteiger partial charge in [-0.05, 0) is 32.1 Å². The first-order valence-electron chi connectivity index (χ1n) is 6.07. The summed E-state index contributed by atoms with van der Waals surface area (Å²) in [5.74, 6) is 0. The van der Waals surface area contributed by atoms with Gasteiger partial charge >= 0.3 is 0 Å². The molecule has 17 heavy (non-hydrogen) atoms. The summed E-state index contributed by atoms with van der Waals surface area (Å²) in [4.78, 5) is 2.31. The van der Waals surface area contributed by atoms with Gasteiger partial charge in [0.25, 0.3) is 0 Å². The van der Waals surface area contributed by atoms with Gasteiger partial charge in [0, 0.05) is 13.1 Å². The number of nitrogens with one attached hydrogen (secondary N) is 1. The summed E-state index contributed by atoms with van der Waals surface area (Å²) in [5, 5.41) is 3.98. The van der Waals surface area contributed by atoms with E-state index in [2.05, 4.69) is 16.3 Å². The van der Waals surface area contributed by atoms with Gasteiger partial charge in [0.05, 0.1) is 23.4 Å². The van der Waals surface area contributed by atoms with E-state index < -0.39 is 0 Å². The summed E-state index contributed by atoms with van der Waals surface area (Å²) in [6.07, 6.45) is 1.34. The van der Waals surface area contributed by atoms with Crippen LogP contribution in [0.25, 0.3) is 0 Å². The number of morpholine rings is 1. The summed E-state index contributed by atoms with van der Waals surface area (Å²) in [7, 11) is 1.97. The van der Waals surface area contributed by atoms with Crippen LogP contribution in [0.3, 0.4) is 0 Å². The van der Waals surface area contributed by atoms with Gasteiger partial charge in [0.2, 0.25) is 0 Å². The van der Waals surface area contributed by atoms with Gasteiger partial charge in [-0.2, -0.15) is 0 Å². The van der Waals surface area contributed by atoms with Crippen molar-refractivity contribution >= 4 is 17.3 Å². The normalized spacial score (nSPS) is 20.6.